The molecule has 0 radical (unpaired) electrons. The minimum atomic E-state index is -0.404. The molecule has 0 aliphatic heterocycles. The molecule has 154 valence electrons. The molecule has 2 heterocycles. The van der Waals surface area contributed by atoms with Crippen molar-refractivity contribution in [3.05, 3.63) is 77.9 Å². The highest BCUT2D eigenvalue weighted by Gasteiger charge is 2.08. The summed E-state index contributed by atoms with van der Waals surface area (Å²) in [5, 5.41) is 14.2. The molecule has 2 N–H and O–H groups in total. The van der Waals surface area contributed by atoms with Crippen molar-refractivity contribution in [2.75, 3.05) is 11.1 Å². The highest BCUT2D eigenvalue weighted by Crippen LogP contribution is 2.17. The SMILES string of the molecule is O=C(CCCSc1ccc(NC(=O)c2ccc(F)cc2)nn1)NCc1cccnc1. The summed E-state index contributed by atoms with van der Waals surface area (Å²) >= 11 is 1.48. The molecule has 2 aromatic heterocycles. The summed E-state index contributed by atoms with van der Waals surface area (Å²) in [6.45, 7) is 0.469. The molecule has 1 aromatic carbocycles. The number of rotatable bonds is 9. The molecule has 30 heavy (non-hydrogen) atoms. The molecule has 9 heteroatoms. The quantitative estimate of drug-likeness (QED) is 0.403. The summed E-state index contributed by atoms with van der Waals surface area (Å²) in [5.74, 6) is 0.226. The summed E-state index contributed by atoms with van der Waals surface area (Å²) < 4.78 is 12.9. The number of thioether (sulfide) groups is 1. The van der Waals surface area contributed by atoms with Crippen molar-refractivity contribution >= 4 is 29.4 Å². The number of amides is 2. The van der Waals surface area contributed by atoms with Crippen molar-refractivity contribution in [1.82, 2.24) is 20.5 Å². The smallest absolute Gasteiger partial charge is 0.256 e. The summed E-state index contributed by atoms with van der Waals surface area (Å²) in [6.07, 6.45) is 4.54. The lowest BCUT2D eigenvalue weighted by molar-refractivity contribution is -0.121. The third-order valence-corrected chi connectivity index (χ3v) is 5.00. The van der Waals surface area contributed by atoms with Gasteiger partial charge in [-0.3, -0.25) is 14.6 Å². The molecule has 0 unspecified atom stereocenters. The summed E-state index contributed by atoms with van der Waals surface area (Å²) in [6, 6.07) is 12.4. The fourth-order valence-electron chi connectivity index (χ4n) is 2.45. The zero-order valence-electron chi connectivity index (χ0n) is 16.0. The van der Waals surface area contributed by atoms with Crippen LogP contribution in [0.3, 0.4) is 0 Å². The standard InChI is InChI=1S/C21H20FN5O2S/c22-17-7-5-16(6-8-17)21(29)25-18-9-10-20(27-26-18)30-12-2-4-19(28)24-14-15-3-1-11-23-13-15/h1,3,5-11,13H,2,4,12,14H2,(H,24,28)(H,25,26,29). The molecule has 0 spiro atoms. The molecule has 0 atom stereocenters. The van der Waals surface area contributed by atoms with E-state index in [1.54, 1.807) is 24.5 Å². The monoisotopic (exact) mass is 425 g/mol. The second kappa shape index (κ2) is 11.0. The minimum Gasteiger partial charge on any atom is -0.352 e. The average molecular weight is 425 g/mol. The number of carbonyl (C=O) groups excluding carboxylic acids is 2. The van der Waals surface area contributed by atoms with Gasteiger partial charge < -0.3 is 10.6 Å². The Labute approximate surface area is 177 Å². The van der Waals surface area contributed by atoms with Crippen LogP contribution >= 0.6 is 11.8 Å². The van der Waals surface area contributed by atoms with Gasteiger partial charge in [0.25, 0.3) is 5.91 Å². The Kier molecular flexibility index (Phi) is 7.85. The first-order valence-electron chi connectivity index (χ1n) is 9.29. The Morgan fingerprint density at radius 1 is 1.03 bits per heavy atom. The zero-order chi connectivity index (χ0) is 21.2. The minimum absolute atomic E-state index is 0.00982. The molecule has 0 saturated heterocycles. The first-order valence-corrected chi connectivity index (χ1v) is 10.3. The van der Waals surface area contributed by atoms with Gasteiger partial charge in [-0.15, -0.1) is 22.0 Å². The number of halogens is 1. The van der Waals surface area contributed by atoms with Crippen LogP contribution in [0.15, 0.2) is 66.0 Å². The van der Waals surface area contributed by atoms with E-state index < -0.39 is 5.82 Å². The topological polar surface area (TPSA) is 96.9 Å². The third-order valence-electron chi connectivity index (χ3n) is 4.00. The Balaban J connectivity index is 1.35. The van der Waals surface area contributed by atoms with Crippen LogP contribution in [0.25, 0.3) is 0 Å². The van der Waals surface area contributed by atoms with Crippen molar-refractivity contribution in [3.63, 3.8) is 0 Å². The largest absolute Gasteiger partial charge is 0.352 e. The van der Waals surface area contributed by atoms with Gasteiger partial charge in [-0.05, 0) is 54.4 Å². The van der Waals surface area contributed by atoms with E-state index in [0.29, 0.717) is 35.8 Å². The first kappa shape index (κ1) is 21.4. The Morgan fingerprint density at radius 3 is 2.57 bits per heavy atom. The maximum Gasteiger partial charge on any atom is 0.256 e. The molecule has 3 aromatic rings. The van der Waals surface area contributed by atoms with E-state index in [4.69, 9.17) is 0 Å². The van der Waals surface area contributed by atoms with Crippen LogP contribution in [0.4, 0.5) is 10.2 Å². The van der Waals surface area contributed by atoms with Gasteiger partial charge in [0.15, 0.2) is 5.82 Å². The molecule has 0 fully saturated rings. The van der Waals surface area contributed by atoms with E-state index in [2.05, 4.69) is 25.8 Å². The third kappa shape index (κ3) is 6.93. The molecule has 7 nitrogen and oxygen atoms in total. The number of benzene rings is 1. The van der Waals surface area contributed by atoms with Crippen LogP contribution in [-0.2, 0) is 11.3 Å². The number of nitrogens with one attached hydrogen (secondary N) is 2. The van der Waals surface area contributed by atoms with Crippen molar-refractivity contribution in [2.45, 2.75) is 24.4 Å². The second-order valence-corrected chi connectivity index (χ2v) is 7.42. The maximum atomic E-state index is 12.9. The van der Waals surface area contributed by atoms with E-state index in [0.717, 1.165) is 11.3 Å². The van der Waals surface area contributed by atoms with Crippen molar-refractivity contribution in [3.8, 4) is 0 Å². The van der Waals surface area contributed by atoms with E-state index in [9.17, 15) is 14.0 Å². The summed E-state index contributed by atoms with van der Waals surface area (Å²) in [5.41, 5.74) is 1.29. The van der Waals surface area contributed by atoms with Gasteiger partial charge >= 0.3 is 0 Å². The number of hydrogen-bond acceptors (Lipinski definition) is 6. The number of carbonyl (C=O) groups is 2. The molecule has 3 rings (SSSR count). The van der Waals surface area contributed by atoms with Gasteiger partial charge in [0, 0.05) is 36.7 Å². The highest BCUT2D eigenvalue weighted by molar-refractivity contribution is 7.99. The lowest BCUT2D eigenvalue weighted by Gasteiger charge is -2.06. The molecular weight excluding hydrogens is 405 g/mol. The fraction of sp³-hybridized carbons (Fsp3) is 0.190. The molecule has 0 aliphatic rings. The van der Waals surface area contributed by atoms with Crippen LogP contribution in [0.1, 0.15) is 28.8 Å². The van der Waals surface area contributed by atoms with Crippen molar-refractivity contribution in [2.24, 2.45) is 0 Å². The maximum absolute atomic E-state index is 12.9. The number of nitrogens with zero attached hydrogens (tertiary/aromatic N) is 3. The van der Waals surface area contributed by atoms with Gasteiger partial charge in [-0.1, -0.05) is 6.07 Å². The normalized spacial score (nSPS) is 10.4. The molecular formula is C21H20FN5O2S. The van der Waals surface area contributed by atoms with E-state index >= 15 is 0 Å². The van der Waals surface area contributed by atoms with Gasteiger partial charge in [0.1, 0.15) is 10.8 Å². The lowest BCUT2D eigenvalue weighted by atomic mass is 10.2. The van der Waals surface area contributed by atoms with E-state index in [1.807, 2.05) is 12.1 Å². The number of aromatic nitrogens is 3. The van der Waals surface area contributed by atoms with Gasteiger partial charge in [-0.25, -0.2) is 4.39 Å². The summed E-state index contributed by atoms with van der Waals surface area (Å²) in [7, 11) is 0. The van der Waals surface area contributed by atoms with E-state index in [-0.39, 0.29) is 11.8 Å². The van der Waals surface area contributed by atoms with Crippen LogP contribution in [0.2, 0.25) is 0 Å². The lowest BCUT2D eigenvalue weighted by Crippen LogP contribution is -2.22. The van der Waals surface area contributed by atoms with Crippen LogP contribution in [-0.4, -0.2) is 32.7 Å². The predicted octanol–water partition coefficient (Wildman–Crippen LogP) is 3.45. The van der Waals surface area contributed by atoms with Crippen LogP contribution in [0, 0.1) is 5.82 Å². The highest BCUT2D eigenvalue weighted by atomic mass is 32.2. The van der Waals surface area contributed by atoms with E-state index in [1.165, 1.54) is 36.0 Å². The van der Waals surface area contributed by atoms with Gasteiger partial charge in [0.2, 0.25) is 5.91 Å². The predicted molar refractivity (Wildman–Crippen MR) is 112 cm³/mol. The zero-order valence-corrected chi connectivity index (χ0v) is 16.9. The Bertz CT molecular complexity index is 969. The number of anilines is 1. The van der Waals surface area contributed by atoms with Gasteiger partial charge in [-0.2, -0.15) is 0 Å². The average Bonchev–Trinajstić information content (AvgIpc) is 2.77. The van der Waals surface area contributed by atoms with Crippen molar-refractivity contribution in [1.29, 1.82) is 0 Å². The van der Waals surface area contributed by atoms with Crippen LogP contribution in [0.5, 0.6) is 0 Å². The van der Waals surface area contributed by atoms with Crippen molar-refractivity contribution < 1.29 is 14.0 Å². The fourth-order valence-corrected chi connectivity index (χ4v) is 3.22. The number of hydrogen-bond donors (Lipinski definition) is 2. The second-order valence-electron chi connectivity index (χ2n) is 6.31. The number of pyridine rings is 1. The molecule has 0 aliphatic carbocycles. The Hall–Kier alpha value is -3.33. The summed E-state index contributed by atoms with van der Waals surface area (Å²) in [4.78, 5) is 28.0. The Morgan fingerprint density at radius 2 is 1.87 bits per heavy atom. The van der Waals surface area contributed by atoms with Crippen LogP contribution < -0.4 is 10.6 Å². The van der Waals surface area contributed by atoms with Gasteiger partial charge in [0.05, 0.1) is 0 Å². The molecule has 2 amide bonds. The first-order chi connectivity index (χ1) is 14.6. The molecule has 0 bridgehead atoms. The molecule has 0 saturated carbocycles.